The zero-order valence-corrected chi connectivity index (χ0v) is 16.3. The van der Waals surface area contributed by atoms with E-state index in [2.05, 4.69) is 15.3 Å². The summed E-state index contributed by atoms with van der Waals surface area (Å²) in [7, 11) is 0. The summed E-state index contributed by atoms with van der Waals surface area (Å²) in [5, 5.41) is 2.83. The number of rotatable bonds is 9. The second-order valence-electron chi connectivity index (χ2n) is 6.81. The molecule has 0 bridgehead atoms. The van der Waals surface area contributed by atoms with Crippen LogP contribution < -0.4 is 14.8 Å². The van der Waals surface area contributed by atoms with E-state index in [1.807, 2.05) is 33.8 Å². The van der Waals surface area contributed by atoms with E-state index in [1.165, 1.54) is 6.20 Å². The van der Waals surface area contributed by atoms with Crippen LogP contribution in [0.25, 0.3) is 0 Å². The molecule has 0 spiro atoms. The van der Waals surface area contributed by atoms with Crippen LogP contribution in [-0.4, -0.2) is 41.3 Å². The molecule has 1 amide bonds. The number of hydrogen-bond donors (Lipinski definition) is 1. The average Bonchev–Trinajstić information content (AvgIpc) is 2.64. The van der Waals surface area contributed by atoms with Crippen molar-refractivity contribution >= 4 is 5.91 Å². The number of hydrogen-bond acceptors (Lipinski definition) is 6. The number of nitrogens with one attached hydrogen (secondary N) is 1. The van der Waals surface area contributed by atoms with Crippen LogP contribution in [-0.2, 0) is 11.3 Å². The van der Waals surface area contributed by atoms with Crippen LogP contribution in [0.3, 0.4) is 0 Å². The van der Waals surface area contributed by atoms with Crippen LogP contribution in [0, 0.1) is 0 Å². The minimum atomic E-state index is -0.209. The number of amides is 1. The molecule has 7 heteroatoms. The maximum Gasteiger partial charge on any atom is 0.253 e. The van der Waals surface area contributed by atoms with Crippen LogP contribution in [0.1, 0.15) is 43.6 Å². The fourth-order valence-electron chi connectivity index (χ4n) is 2.13. The molecule has 2 aromatic heterocycles. The van der Waals surface area contributed by atoms with Crippen molar-refractivity contribution in [1.82, 2.24) is 15.3 Å². The van der Waals surface area contributed by atoms with Gasteiger partial charge in [0.05, 0.1) is 24.4 Å². The first-order valence-corrected chi connectivity index (χ1v) is 8.96. The fraction of sp³-hybridized carbons (Fsp3) is 0.450. The van der Waals surface area contributed by atoms with E-state index < -0.39 is 0 Å². The molecule has 0 aliphatic heterocycles. The van der Waals surface area contributed by atoms with Gasteiger partial charge >= 0.3 is 0 Å². The minimum Gasteiger partial charge on any atom is -0.478 e. The van der Waals surface area contributed by atoms with Crippen molar-refractivity contribution in [2.75, 3.05) is 19.8 Å². The Morgan fingerprint density at radius 3 is 2.30 bits per heavy atom. The Kier molecular flexibility index (Phi) is 7.55. The summed E-state index contributed by atoms with van der Waals surface area (Å²) in [5.74, 6) is 0.819. The largest absolute Gasteiger partial charge is 0.478 e. The lowest BCUT2D eigenvalue weighted by Crippen LogP contribution is -2.23. The Labute approximate surface area is 160 Å². The van der Waals surface area contributed by atoms with Crippen LogP contribution in [0.15, 0.2) is 36.7 Å². The quantitative estimate of drug-likeness (QED) is 0.681. The van der Waals surface area contributed by atoms with Gasteiger partial charge in [-0.2, -0.15) is 0 Å². The summed E-state index contributed by atoms with van der Waals surface area (Å²) in [5.41, 5.74) is 1.16. The second kappa shape index (κ2) is 9.87. The molecule has 2 rings (SSSR count). The average molecular weight is 373 g/mol. The monoisotopic (exact) mass is 373 g/mol. The lowest BCUT2D eigenvalue weighted by molar-refractivity contribution is -0.0168. The fourth-order valence-corrected chi connectivity index (χ4v) is 2.13. The molecule has 0 unspecified atom stereocenters. The number of nitrogens with zero attached hydrogens (tertiary/aromatic N) is 2. The molecule has 7 nitrogen and oxygen atoms in total. The predicted molar refractivity (Wildman–Crippen MR) is 102 cm³/mol. The standard InChI is InChI=1S/C20H27N3O4/c1-5-25-17-8-6-15(12-21-17)13-23-19(24)16-7-9-18(22-14-16)26-10-11-27-20(2,3)4/h6-9,12,14H,5,10-11,13H2,1-4H3,(H,23,24). The smallest absolute Gasteiger partial charge is 0.253 e. The topological polar surface area (TPSA) is 82.6 Å². The minimum absolute atomic E-state index is 0.197. The highest BCUT2D eigenvalue weighted by molar-refractivity contribution is 5.93. The van der Waals surface area contributed by atoms with Crippen molar-refractivity contribution in [2.45, 2.75) is 39.8 Å². The summed E-state index contributed by atoms with van der Waals surface area (Å²) in [6.07, 6.45) is 3.17. The van der Waals surface area contributed by atoms with Gasteiger partial charge in [0.25, 0.3) is 5.91 Å². The van der Waals surface area contributed by atoms with Gasteiger partial charge in [0.2, 0.25) is 11.8 Å². The lowest BCUT2D eigenvalue weighted by Gasteiger charge is -2.19. The molecule has 0 fully saturated rings. The Morgan fingerprint density at radius 2 is 1.70 bits per heavy atom. The summed E-state index contributed by atoms with van der Waals surface area (Å²) in [4.78, 5) is 20.5. The third-order valence-corrected chi connectivity index (χ3v) is 3.41. The third-order valence-electron chi connectivity index (χ3n) is 3.41. The van der Waals surface area contributed by atoms with Gasteiger partial charge in [-0.3, -0.25) is 4.79 Å². The molecule has 0 aliphatic rings. The van der Waals surface area contributed by atoms with Crippen molar-refractivity contribution in [1.29, 1.82) is 0 Å². The molecule has 2 heterocycles. The molecule has 27 heavy (non-hydrogen) atoms. The maximum atomic E-state index is 12.2. The Morgan fingerprint density at radius 1 is 1.00 bits per heavy atom. The van der Waals surface area contributed by atoms with Crippen LogP contribution in [0.5, 0.6) is 11.8 Å². The molecule has 0 aromatic carbocycles. The van der Waals surface area contributed by atoms with E-state index in [4.69, 9.17) is 14.2 Å². The number of ether oxygens (including phenoxy) is 3. The molecular weight excluding hydrogens is 346 g/mol. The summed E-state index contributed by atoms with van der Waals surface area (Å²) < 4.78 is 16.4. The first-order chi connectivity index (χ1) is 12.9. The lowest BCUT2D eigenvalue weighted by atomic mass is 10.2. The Hall–Kier alpha value is -2.67. The number of carbonyl (C=O) groups is 1. The Balaban J connectivity index is 1.77. The predicted octanol–water partition coefficient (Wildman–Crippen LogP) is 3.00. The summed E-state index contributed by atoms with van der Waals surface area (Å²) in [6, 6.07) is 7.00. The molecule has 1 N–H and O–H groups in total. The third kappa shape index (κ3) is 7.62. The van der Waals surface area contributed by atoms with E-state index in [-0.39, 0.29) is 11.5 Å². The van der Waals surface area contributed by atoms with Crippen molar-refractivity contribution in [2.24, 2.45) is 0 Å². The highest BCUT2D eigenvalue weighted by Gasteiger charge is 2.10. The van der Waals surface area contributed by atoms with Gasteiger partial charge < -0.3 is 19.5 Å². The Bertz CT molecular complexity index is 710. The molecule has 0 saturated heterocycles. The zero-order valence-electron chi connectivity index (χ0n) is 16.3. The van der Waals surface area contributed by atoms with Gasteiger partial charge in [0.15, 0.2) is 0 Å². The van der Waals surface area contributed by atoms with Gasteiger partial charge in [-0.15, -0.1) is 0 Å². The maximum absolute atomic E-state index is 12.2. The highest BCUT2D eigenvalue weighted by atomic mass is 16.5. The first-order valence-electron chi connectivity index (χ1n) is 8.96. The van der Waals surface area contributed by atoms with Crippen LogP contribution in [0.2, 0.25) is 0 Å². The van der Waals surface area contributed by atoms with Crippen LogP contribution in [0.4, 0.5) is 0 Å². The van der Waals surface area contributed by atoms with E-state index in [1.54, 1.807) is 24.4 Å². The van der Waals surface area contributed by atoms with Crippen molar-refractivity contribution in [3.05, 3.63) is 47.8 Å². The summed E-state index contributed by atoms with van der Waals surface area (Å²) in [6.45, 7) is 9.69. The van der Waals surface area contributed by atoms with Crippen molar-refractivity contribution < 1.29 is 19.0 Å². The van der Waals surface area contributed by atoms with Crippen LogP contribution >= 0.6 is 0 Å². The highest BCUT2D eigenvalue weighted by Crippen LogP contribution is 2.10. The van der Waals surface area contributed by atoms with E-state index in [9.17, 15) is 4.79 Å². The second-order valence-corrected chi connectivity index (χ2v) is 6.81. The van der Waals surface area contributed by atoms with Crippen molar-refractivity contribution in [3.8, 4) is 11.8 Å². The van der Waals surface area contributed by atoms with Gasteiger partial charge in [-0.1, -0.05) is 6.07 Å². The first kappa shape index (κ1) is 20.6. The normalized spacial score (nSPS) is 11.1. The van der Waals surface area contributed by atoms with E-state index >= 15 is 0 Å². The van der Waals surface area contributed by atoms with Crippen molar-refractivity contribution in [3.63, 3.8) is 0 Å². The number of pyridine rings is 2. The van der Waals surface area contributed by atoms with Gasteiger partial charge in [-0.25, -0.2) is 9.97 Å². The number of aromatic nitrogens is 2. The molecular formula is C20H27N3O4. The zero-order chi connectivity index (χ0) is 19.7. The van der Waals surface area contributed by atoms with E-state index in [0.717, 1.165) is 5.56 Å². The molecule has 0 atom stereocenters. The molecule has 0 aliphatic carbocycles. The van der Waals surface area contributed by atoms with Gasteiger partial charge in [-0.05, 0) is 39.3 Å². The van der Waals surface area contributed by atoms with Gasteiger partial charge in [0.1, 0.15) is 6.61 Å². The number of carbonyl (C=O) groups excluding carboxylic acids is 1. The molecule has 2 aromatic rings. The van der Waals surface area contributed by atoms with Gasteiger partial charge in [0, 0.05) is 31.1 Å². The van der Waals surface area contributed by atoms with E-state index in [0.29, 0.717) is 43.7 Å². The molecule has 146 valence electrons. The summed E-state index contributed by atoms with van der Waals surface area (Å²) >= 11 is 0. The molecule has 0 radical (unpaired) electrons. The molecule has 0 saturated carbocycles. The SMILES string of the molecule is CCOc1ccc(CNC(=O)c2ccc(OCCOC(C)(C)C)nc2)cn1.